The van der Waals surface area contributed by atoms with Gasteiger partial charge in [0, 0.05) is 33.5 Å². The summed E-state index contributed by atoms with van der Waals surface area (Å²) in [6, 6.07) is 8.69. The summed E-state index contributed by atoms with van der Waals surface area (Å²) in [7, 11) is 0. The molecule has 0 N–H and O–H groups in total. The first-order valence-corrected chi connectivity index (χ1v) is 10.5. The van der Waals surface area contributed by atoms with Crippen LogP contribution in [0.1, 0.15) is 35.3 Å². The standard InChI is InChI=1S/C20H17Cl4N3O/c21-13-5-4-12(16(23)9-13)11-27-19-15(8-14(22)10-17(19)24)18(25-27)20(28)26-6-2-1-3-7-26/h4-5,8-10H,1-3,6-7,11H2. The van der Waals surface area contributed by atoms with Crippen molar-refractivity contribution in [2.45, 2.75) is 25.8 Å². The Kier molecular flexibility index (Phi) is 5.75. The molecule has 0 radical (unpaired) electrons. The van der Waals surface area contributed by atoms with Gasteiger partial charge >= 0.3 is 0 Å². The molecule has 0 unspecified atom stereocenters. The van der Waals surface area contributed by atoms with Crippen LogP contribution in [0, 0.1) is 0 Å². The van der Waals surface area contributed by atoms with Crippen LogP contribution in [0.4, 0.5) is 0 Å². The minimum Gasteiger partial charge on any atom is -0.337 e. The molecule has 1 aromatic heterocycles. The number of benzene rings is 2. The van der Waals surface area contributed by atoms with Crippen LogP contribution in [0.2, 0.25) is 20.1 Å². The monoisotopic (exact) mass is 455 g/mol. The van der Waals surface area contributed by atoms with Crippen LogP contribution in [0.15, 0.2) is 30.3 Å². The fraction of sp³-hybridized carbons (Fsp3) is 0.300. The van der Waals surface area contributed by atoms with Gasteiger partial charge in [0.15, 0.2) is 5.69 Å². The van der Waals surface area contributed by atoms with E-state index in [0.717, 1.165) is 37.9 Å². The SMILES string of the molecule is O=C(c1nn(Cc2ccc(Cl)cc2Cl)c2c(Cl)cc(Cl)cc12)N1CCCCC1. The highest BCUT2D eigenvalue weighted by Gasteiger charge is 2.25. The molecule has 0 bridgehead atoms. The van der Waals surface area contributed by atoms with Crippen LogP contribution in [-0.4, -0.2) is 33.7 Å². The highest BCUT2D eigenvalue weighted by molar-refractivity contribution is 6.39. The molecule has 1 aliphatic rings. The third-order valence-electron chi connectivity index (χ3n) is 4.94. The van der Waals surface area contributed by atoms with Crippen molar-refractivity contribution in [1.29, 1.82) is 0 Å². The van der Waals surface area contributed by atoms with Gasteiger partial charge in [0.2, 0.25) is 0 Å². The topological polar surface area (TPSA) is 38.1 Å². The summed E-state index contributed by atoms with van der Waals surface area (Å²) in [5.74, 6) is -0.0935. The van der Waals surface area contributed by atoms with Crippen molar-refractivity contribution in [3.8, 4) is 0 Å². The highest BCUT2D eigenvalue weighted by Crippen LogP contribution is 2.32. The number of piperidine rings is 1. The molecule has 2 aromatic carbocycles. The average molecular weight is 457 g/mol. The van der Waals surface area contributed by atoms with E-state index >= 15 is 0 Å². The van der Waals surface area contributed by atoms with Gasteiger partial charge in [-0.05, 0) is 49.1 Å². The summed E-state index contributed by atoms with van der Waals surface area (Å²) in [5, 5.41) is 7.27. The summed E-state index contributed by atoms with van der Waals surface area (Å²) in [6.07, 6.45) is 3.16. The number of fused-ring (bicyclic) bond motifs is 1. The first-order chi connectivity index (χ1) is 13.4. The lowest BCUT2D eigenvalue weighted by Crippen LogP contribution is -2.36. The van der Waals surface area contributed by atoms with E-state index < -0.39 is 0 Å². The van der Waals surface area contributed by atoms with Gasteiger partial charge in [-0.15, -0.1) is 0 Å². The smallest absolute Gasteiger partial charge is 0.275 e. The predicted molar refractivity (Wildman–Crippen MR) is 115 cm³/mol. The normalized spacial score (nSPS) is 14.6. The van der Waals surface area contributed by atoms with Crippen molar-refractivity contribution < 1.29 is 4.79 Å². The minimum absolute atomic E-state index is 0.0935. The summed E-state index contributed by atoms with van der Waals surface area (Å²) in [6.45, 7) is 1.84. The lowest BCUT2D eigenvalue weighted by molar-refractivity contribution is 0.0719. The molecular weight excluding hydrogens is 440 g/mol. The van der Waals surface area contributed by atoms with Gasteiger partial charge in [0.25, 0.3) is 5.91 Å². The Morgan fingerprint density at radius 2 is 1.64 bits per heavy atom. The van der Waals surface area contributed by atoms with Crippen LogP contribution in [0.25, 0.3) is 10.9 Å². The zero-order valence-electron chi connectivity index (χ0n) is 14.9. The molecule has 1 amide bonds. The summed E-state index contributed by atoms with van der Waals surface area (Å²) < 4.78 is 1.71. The fourth-order valence-electron chi connectivity index (χ4n) is 3.56. The van der Waals surface area contributed by atoms with E-state index in [1.165, 1.54) is 0 Å². The largest absolute Gasteiger partial charge is 0.337 e. The van der Waals surface area contributed by atoms with E-state index in [-0.39, 0.29) is 5.91 Å². The number of halogens is 4. The van der Waals surface area contributed by atoms with Crippen LogP contribution in [-0.2, 0) is 6.54 Å². The Morgan fingerprint density at radius 1 is 0.929 bits per heavy atom. The van der Waals surface area contributed by atoms with Crippen LogP contribution in [0.5, 0.6) is 0 Å². The van der Waals surface area contributed by atoms with E-state index in [2.05, 4.69) is 5.10 Å². The summed E-state index contributed by atoms with van der Waals surface area (Å²) in [5.41, 5.74) is 1.86. The molecule has 3 aromatic rings. The van der Waals surface area contributed by atoms with Crippen molar-refractivity contribution in [3.05, 3.63) is 61.7 Å². The molecule has 1 saturated heterocycles. The van der Waals surface area contributed by atoms with Crippen LogP contribution >= 0.6 is 46.4 Å². The van der Waals surface area contributed by atoms with E-state index in [1.807, 2.05) is 11.0 Å². The first-order valence-electron chi connectivity index (χ1n) is 9.03. The van der Waals surface area contributed by atoms with Crippen LogP contribution < -0.4 is 0 Å². The molecular formula is C20H17Cl4N3O. The third kappa shape index (κ3) is 3.84. The van der Waals surface area contributed by atoms with Crippen molar-refractivity contribution >= 4 is 63.2 Å². The number of carbonyl (C=O) groups excluding carboxylic acids is 1. The molecule has 1 aliphatic heterocycles. The van der Waals surface area contributed by atoms with Gasteiger partial charge < -0.3 is 4.90 Å². The molecule has 1 fully saturated rings. The maximum Gasteiger partial charge on any atom is 0.275 e. The molecule has 2 heterocycles. The molecule has 0 spiro atoms. The fourth-order valence-corrected chi connectivity index (χ4v) is 4.62. The Morgan fingerprint density at radius 3 is 2.36 bits per heavy atom. The Balaban J connectivity index is 1.81. The quantitative estimate of drug-likeness (QED) is 0.462. The first kappa shape index (κ1) is 19.8. The van der Waals surface area contributed by atoms with Gasteiger partial charge in [-0.1, -0.05) is 52.5 Å². The van der Waals surface area contributed by atoms with Crippen molar-refractivity contribution in [3.63, 3.8) is 0 Å². The molecule has 0 aliphatic carbocycles. The molecule has 146 valence electrons. The minimum atomic E-state index is -0.0935. The maximum atomic E-state index is 13.1. The maximum absolute atomic E-state index is 13.1. The summed E-state index contributed by atoms with van der Waals surface area (Å²) in [4.78, 5) is 15.0. The van der Waals surface area contributed by atoms with Crippen molar-refractivity contribution in [2.75, 3.05) is 13.1 Å². The zero-order chi connectivity index (χ0) is 19.8. The third-order valence-corrected chi connectivity index (χ3v) is 6.04. The van der Waals surface area contributed by atoms with Crippen molar-refractivity contribution in [2.24, 2.45) is 0 Å². The number of aromatic nitrogens is 2. The van der Waals surface area contributed by atoms with Gasteiger partial charge in [0.05, 0.1) is 17.1 Å². The Labute approximate surface area is 182 Å². The number of carbonyl (C=O) groups is 1. The Bertz CT molecular complexity index is 1060. The van der Waals surface area contributed by atoms with Gasteiger partial charge in [-0.25, -0.2) is 0 Å². The number of likely N-dealkylation sites (tertiary alicyclic amines) is 1. The molecule has 0 atom stereocenters. The van der Waals surface area contributed by atoms with Crippen LogP contribution in [0.3, 0.4) is 0 Å². The van der Waals surface area contributed by atoms with Gasteiger partial charge in [-0.3, -0.25) is 9.48 Å². The number of hydrogen-bond acceptors (Lipinski definition) is 2. The average Bonchev–Trinajstić information content (AvgIpc) is 3.02. The second-order valence-electron chi connectivity index (χ2n) is 6.88. The molecule has 8 heteroatoms. The lowest BCUT2D eigenvalue weighted by Gasteiger charge is -2.25. The number of nitrogens with zero attached hydrogens (tertiary/aromatic N) is 3. The van der Waals surface area contributed by atoms with E-state index in [4.69, 9.17) is 46.4 Å². The second kappa shape index (κ2) is 8.11. The van der Waals surface area contributed by atoms with E-state index in [9.17, 15) is 4.79 Å². The zero-order valence-corrected chi connectivity index (χ0v) is 17.9. The summed E-state index contributed by atoms with van der Waals surface area (Å²) >= 11 is 25.0. The number of hydrogen-bond donors (Lipinski definition) is 0. The van der Waals surface area contributed by atoms with Crippen molar-refractivity contribution in [1.82, 2.24) is 14.7 Å². The van der Waals surface area contributed by atoms with Gasteiger partial charge in [-0.2, -0.15) is 5.10 Å². The van der Waals surface area contributed by atoms with E-state index in [0.29, 0.717) is 43.2 Å². The molecule has 4 nitrogen and oxygen atoms in total. The number of rotatable bonds is 3. The lowest BCUT2D eigenvalue weighted by atomic mass is 10.1. The second-order valence-corrected chi connectivity index (χ2v) is 8.57. The molecule has 28 heavy (non-hydrogen) atoms. The Hall–Kier alpha value is -1.46. The molecule has 4 rings (SSSR count). The predicted octanol–water partition coefficient (Wildman–Crippen LogP) is 6.32. The highest BCUT2D eigenvalue weighted by atomic mass is 35.5. The van der Waals surface area contributed by atoms with E-state index in [1.54, 1.807) is 28.9 Å². The number of amides is 1. The van der Waals surface area contributed by atoms with Gasteiger partial charge in [0.1, 0.15) is 0 Å². The molecule has 0 saturated carbocycles.